The molecule has 7 nitrogen and oxygen atoms in total. The van der Waals surface area contributed by atoms with E-state index in [0.29, 0.717) is 22.8 Å². The zero-order chi connectivity index (χ0) is 16.9. The minimum Gasteiger partial charge on any atom is -0.493 e. The molecule has 1 aromatic heterocycles. The maximum atomic E-state index is 5.50. The summed E-state index contributed by atoms with van der Waals surface area (Å²) in [6, 6.07) is 1.88. The minimum atomic E-state index is 0.536. The van der Waals surface area contributed by atoms with Crippen LogP contribution < -0.4 is 19.5 Å². The molecule has 0 unspecified atom stereocenters. The van der Waals surface area contributed by atoms with Crippen molar-refractivity contribution in [2.45, 2.75) is 12.8 Å². The van der Waals surface area contributed by atoms with E-state index in [4.69, 9.17) is 14.2 Å². The lowest BCUT2D eigenvalue weighted by Crippen LogP contribution is -2.26. The molecule has 0 radical (unpaired) electrons. The van der Waals surface area contributed by atoms with Gasteiger partial charge in [-0.1, -0.05) is 0 Å². The van der Waals surface area contributed by atoms with Gasteiger partial charge in [0.25, 0.3) is 0 Å². The Hall–Kier alpha value is -2.28. The molecule has 0 bridgehead atoms. The first-order valence-corrected chi connectivity index (χ1v) is 8.18. The van der Waals surface area contributed by atoms with Crippen LogP contribution in [0.25, 0.3) is 10.9 Å². The monoisotopic (exact) mass is 332 g/mol. The van der Waals surface area contributed by atoms with Crippen molar-refractivity contribution in [2.75, 3.05) is 52.8 Å². The van der Waals surface area contributed by atoms with E-state index in [0.717, 1.165) is 24.3 Å². The summed E-state index contributed by atoms with van der Waals surface area (Å²) in [4.78, 5) is 11.2. The van der Waals surface area contributed by atoms with Crippen LogP contribution in [-0.4, -0.2) is 62.4 Å². The van der Waals surface area contributed by atoms with Crippen LogP contribution in [0.4, 0.5) is 5.82 Å². The number of fused-ring (bicyclic) bond motifs is 1. The number of methoxy groups -OCH3 is 3. The number of benzene rings is 1. The molecule has 1 saturated heterocycles. The molecule has 1 N–H and O–H groups in total. The van der Waals surface area contributed by atoms with Gasteiger partial charge in [-0.15, -0.1) is 0 Å². The maximum Gasteiger partial charge on any atom is 0.205 e. The number of rotatable bonds is 7. The van der Waals surface area contributed by atoms with Gasteiger partial charge in [0.1, 0.15) is 17.7 Å². The van der Waals surface area contributed by atoms with Crippen molar-refractivity contribution in [3.8, 4) is 17.2 Å². The van der Waals surface area contributed by atoms with E-state index in [1.54, 1.807) is 21.3 Å². The molecule has 2 heterocycles. The molecule has 1 aromatic carbocycles. The first kappa shape index (κ1) is 16.6. The third kappa shape index (κ3) is 3.17. The third-order valence-corrected chi connectivity index (χ3v) is 4.35. The Morgan fingerprint density at radius 2 is 1.79 bits per heavy atom. The quantitative estimate of drug-likeness (QED) is 0.833. The Morgan fingerprint density at radius 1 is 1.04 bits per heavy atom. The van der Waals surface area contributed by atoms with Crippen LogP contribution in [0, 0.1) is 0 Å². The van der Waals surface area contributed by atoms with E-state index >= 15 is 0 Å². The molecule has 130 valence electrons. The van der Waals surface area contributed by atoms with Crippen molar-refractivity contribution in [1.29, 1.82) is 0 Å². The van der Waals surface area contributed by atoms with E-state index in [2.05, 4.69) is 20.2 Å². The zero-order valence-corrected chi connectivity index (χ0v) is 14.5. The second-order valence-corrected chi connectivity index (χ2v) is 5.74. The number of ether oxygens (including phenoxy) is 3. The lowest BCUT2D eigenvalue weighted by atomic mass is 10.2. The maximum absolute atomic E-state index is 5.50. The van der Waals surface area contributed by atoms with Gasteiger partial charge < -0.3 is 24.4 Å². The van der Waals surface area contributed by atoms with Crippen molar-refractivity contribution in [2.24, 2.45) is 0 Å². The summed E-state index contributed by atoms with van der Waals surface area (Å²) in [7, 11) is 4.79. The van der Waals surface area contributed by atoms with Crippen LogP contribution in [-0.2, 0) is 0 Å². The van der Waals surface area contributed by atoms with Gasteiger partial charge in [-0.05, 0) is 32.0 Å². The van der Waals surface area contributed by atoms with Gasteiger partial charge in [0.15, 0.2) is 11.5 Å². The second kappa shape index (κ2) is 7.53. The van der Waals surface area contributed by atoms with Crippen LogP contribution in [0.2, 0.25) is 0 Å². The van der Waals surface area contributed by atoms with Gasteiger partial charge in [-0.25, -0.2) is 9.97 Å². The average Bonchev–Trinajstić information content (AvgIpc) is 3.13. The molecule has 1 fully saturated rings. The van der Waals surface area contributed by atoms with Crippen LogP contribution in [0.15, 0.2) is 12.4 Å². The molecule has 0 spiro atoms. The number of likely N-dealkylation sites (tertiary alicyclic amines) is 1. The standard InChI is InChI=1S/C17H24N4O3/c1-22-13-10-12-14(16(24-3)15(13)23-2)19-11-20-17(12)18-6-9-21-7-4-5-8-21/h10-11H,4-9H2,1-3H3,(H,18,19,20). The number of hydrogen-bond acceptors (Lipinski definition) is 7. The summed E-state index contributed by atoms with van der Waals surface area (Å²) in [5.74, 6) is 2.46. The Kier molecular flexibility index (Phi) is 5.20. The third-order valence-electron chi connectivity index (χ3n) is 4.35. The van der Waals surface area contributed by atoms with Gasteiger partial charge in [0.05, 0.1) is 26.7 Å². The van der Waals surface area contributed by atoms with Crippen molar-refractivity contribution in [3.63, 3.8) is 0 Å². The summed E-state index contributed by atoms with van der Waals surface area (Å²) in [5, 5.41) is 4.26. The number of aromatic nitrogens is 2. The SMILES string of the molecule is COc1cc2c(NCCN3CCCC3)ncnc2c(OC)c1OC. The molecule has 0 saturated carbocycles. The van der Waals surface area contributed by atoms with E-state index in [1.165, 1.54) is 32.3 Å². The highest BCUT2D eigenvalue weighted by Crippen LogP contribution is 2.43. The normalized spacial score (nSPS) is 14.8. The van der Waals surface area contributed by atoms with Crippen molar-refractivity contribution in [3.05, 3.63) is 12.4 Å². The Balaban J connectivity index is 1.90. The molecule has 1 aliphatic heterocycles. The summed E-state index contributed by atoms with van der Waals surface area (Å²) in [5.41, 5.74) is 0.703. The number of nitrogens with zero attached hydrogens (tertiary/aromatic N) is 3. The fourth-order valence-corrected chi connectivity index (χ4v) is 3.14. The van der Waals surface area contributed by atoms with Gasteiger partial charge in [0.2, 0.25) is 5.75 Å². The fourth-order valence-electron chi connectivity index (χ4n) is 3.14. The predicted molar refractivity (Wildman–Crippen MR) is 93.4 cm³/mol. The molecule has 3 rings (SSSR count). The van der Waals surface area contributed by atoms with Crippen LogP contribution in [0.3, 0.4) is 0 Å². The Bertz CT molecular complexity index is 702. The predicted octanol–water partition coefficient (Wildman–Crippen LogP) is 2.16. The summed E-state index contributed by atoms with van der Waals surface area (Å²) in [6.07, 6.45) is 4.13. The molecule has 2 aromatic rings. The molecule has 0 aliphatic carbocycles. The topological polar surface area (TPSA) is 68.7 Å². The van der Waals surface area contributed by atoms with E-state index in [1.807, 2.05) is 6.07 Å². The van der Waals surface area contributed by atoms with Crippen LogP contribution >= 0.6 is 0 Å². The fraction of sp³-hybridized carbons (Fsp3) is 0.529. The molecular formula is C17H24N4O3. The number of nitrogens with one attached hydrogen (secondary N) is 1. The van der Waals surface area contributed by atoms with Crippen molar-refractivity contribution >= 4 is 16.7 Å². The van der Waals surface area contributed by atoms with Crippen molar-refractivity contribution < 1.29 is 14.2 Å². The van der Waals surface area contributed by atoms with Gasteiger partial charge in [0, 0.05) is 13.1 Å². The highest BCUT2D eigenvalue weighted by molar-refractivity contribution is 5.96. The van der Waals surface area contributed by atoms with Gasteiger partial charge >= 0.3 is 0 Å². The molecule has 24 heavy (non-hydrogen) atoms. The molecule has 0 atom stereocenters. The van der Waals surface area contributed by atoms with E-state index < -0.39 is 0 Å². The summed E-state index contributed by atoms with van der Waals surface area (Å²) in [6.45, 7) is 4.22. The summed E-state index contributed by atoms with van der Waals surface area (Å²) >= 11 is 0. The molecule has 7 heteroatoms. The lowest BCUT2D eigenvalue weighted by Gasteiger charge is -2.17. The number of hydrogen-bond donors (Lipinski definition) is 1. The number of anilines is 1. The van der Waals surface area contributed by atoms with Crippen LogP contribution in [0.1, 0.15) is 12.8 Å². The first-order valence-electron chi connectivity index (χ1n) is 8.18. The Labute approximate surface area is 141 Å². The molecule has 0 amide bonds. The average molecular weight is 332 g/mol. The summed E-state index contributed by atoms with van der Waals surface area (Å²) < 4.78 is 16.3. The lowest BCUT2D eigenvalue weighted by molar-refractivity contribution is 0.327. The Morgan fingerprint density at radius 3 is 2.46 bits per heavy atom. The largest absolute Gasteiger partial charge is 0.493 e. The highest BCUT2D eigenvalue weighted by atomic mass is 16.5. The van der Waals surface area contributed by atoms with E-state index in [-0.39, 0.29) is 0 Å². The van der Waals surface area contributed by atoms with Crippen molar-refractivity contribution in [1.82, 2.24) is 14.9 Å². The minimum absolute atomic E-state index is 0.536. The molecular weight excluding hydrogens is 308 g/mol. The van der Waals surface area contributed by atoms with Gasteiger partial charge in [-0.3, -0.25) is 0 Å². The smallest absolute Gasteiger partial charge is 0.205 e. The second-order valence-electron chi connectivity index (χ2n) is 5.74. The van der Waals surface area contributed by atoms with Gasteiger partial charge in [-0.2, -0.15) is 0 Å². The molecule has 1 aliphatic rings. The first-order chi connectivity index (χ1) is 11.8. The highest BCUT2D eigenvalue weighted by Gasteiger charge is 2.19. The van der Waals surface area contributed by atoms with E-state index in [9.17, 15) is 0 Å². The zero-order valence-electron chi connectivity index (χ0n) is 14.5. The van der Waals surface area contributed by atoms with Crippen LogP contribution in [0.5, 0.6) is 17.2 Å².